The van der Waals surface area contributed by atoms with E-state index >= 15 is 0 Å². The van der Waals surface area contributed by atoms with Crippen LogP contribution in [0, 0.1) is 0 Å². The molecule has 1 saturated heterocycles. The van der Waals surface area contributed by atoms with Crippen LogP contribution in [0.25, 0.3) is 0 Å². The third-order valence-corrected chi connectivity index (χ3v) is 9.26. The van der Waals surface area contributed by atoms with Crippen LogP contribution in [0.1, 0.15) is 24.5 Å². The lowest BCUT2D eigenvalue weighted by atomic mass is 9.81. The maximum Gasteiger partial charge on any atom is 0.240 e. The first kappa shape index (κ1) is 24.1. The molecule has 1 unspecified atom stereocenters. The molecule has 1 fully saturated rings. The Morgan fingerprint density at radius 2 is 2.00 bits per heavy atom. The van der Waals surface area contributed by atoms with Crippen LogP contribution in [0.4, 0.5) is 10.8 Å². The number of carbonyl (C=O) groups is 1. The zero-order valence-electron chi connectivity index (χ0n) is 19.3. The van der Waals surface area contributed by atoms with Crippen molar-refractivity contribution in [3.63, 3.8) is 0 Å². The van der Waals surface area contributed by atoms with Crippen molar-refractivity contribution in [3.8, 4) is 5.75 Å². The van der Waals surface area contributed by atoms with Gasteiger partial charge in [-0.25, -0.2) is 18.1 Å². The number of ether oxygens (including phenoxy) is 1. The van der Waals surface area contributed by atoms with Crippen LogP contribution >= 0.6 is 22.9 Å². The second-order valence-corrected chi connectivity index (χ2v) is 12.3. The van der Waals surface area contributed by atoms with Crippen LogP contribution in [0.5, 0.6) is 5.75 Å². The van der Waals surface area contributed by atoms with Gasteiger partial charge < -0.3 is 14.5 Å². The van der Waals surface area contributed by atoms with Gasteiger partial charge in [0.05, 0.1) is 18.2 Å². The number of fused-ring (bicyclic) bond motifs is 2. The van der Waals surface area contributed by atoms with Crippen molar-refractivity contribution in [3.05, 3.63) is 64.1 Å². The first-order valence-electron chi connectivity index (χ1n) is 11.1. The number of hydrogen-bond donors (Lipinski definition) is 1. The van der Waals surface area contributed by atoms with E-state index < -0.39 is 10.0 Å². The van der Waals surface area contributed by atoms with Crippen LogP contribution in [0.2, 0.25) is 4.34 Å². The lowest BCUT2D eigenvalue weighted by Crippen LogP contribution is -2.36. The maximum absolute atomic E-state index is 13.2. The van der Waals surface area contributed by atoms with Crippen molar-refractivity contribution < 1.29 is 17.9 Å². The fourth-order valence-corrected chi connectivity index (χ4v) is 6.81. The number of halogens is 1. The summed E-state index contributed by atoms with van der Waals surface area (Å²) in [7, 11) is -2.18. The molecule has 1 aromatic heterocycles. The molecule has 11 heteroatoms. The van der Waals surface area contributed by atoms with Crippen molar-refractivity contribution in [1.29, 1.82) is 0 Å². The molecule has 2 aliphatic heterocycles. The Kier molecular flexibility index (Phi) is 6.25. The smallest absolute Gasteiger partial charge is 0.240 e. The molecule has 1 N–H and O–H groups in total. The number of aromatic nitrogens is 1. The average molecular weight is 533 g/mol. The van der Waals surface area contributed by atoms with Crippen LogP contribution in [0.3, 0.4) is 0 Å². The van der Waals surface area contributed by atoms with Gasteiger partial charge in [-0.15, -0.1) is 0 Å². The van der Waals surface area contributed by atoms with Gasteiger partial charge in [-0.3, -0.25) is 4.79 Å². The molecule has 3 aromatic rings. The molecule has 1 atom stereocenters. The number of sulfonamides is 1. The topological polar surface area (TPSA) is 91.8 Å². The SMILES string of the molecule is COc1ccc(CNS(=O)(=O)c2ccc3c(c2)C2(CCN(C(C)=O)C2)CN3c2ncc(Cl)s2)cc1. The molecule has 184 valence electrons. The molecule has 0 bridgehead atoms. The van der Waals surface area contributed by atoms with Crippen molar-refractivity contribution in [2.75, 3.05) is 31.6 Å². The van der Waals surface area contributed by atoms with Crippen LogP contribution in [-0.4, -0.2) is 51.0 Å². The minimum absolute atomic E-state index is 0.0177. The highest BCUT2D eigenvalue weighted by Crippen LogP contribution is 2.50. The zero-order chi connectivity index (χ0) is 24.8. The summed E-state index contributed by atoms with van der Waals surface area (Å²) in [6, 6.07) is 12.4. The largest absolute Gasteiger partial charge is 0.497 e. The number of hydrogen-bond acceptors (Lipinski definition) is 7. The van der Waals surface area contributed by atoms with Crippen molar-refractivity contribution in [2.24, 2.45) is 0 Å². The molecule has 8 nitrogen and oxygen atoms in total. The van der Waals surface area contributed by atoms with Gasteiger partial charge in [0.2, 0.25) is 15.9 Å². The van der Waals surface area contributed by atoms with Gasteiger partial charge in [-0.1, -0.05) is 35.1 Å². The molecule has 0 radical (unpaired) electrons. The van der Waals surface area contributed by atoms with E-state index in [1.807, 2.05) is 23.1 Å². The first-order valence-corrected chi connectivity index (χ1v) is 13.8. The van der Waals surface area contributed by atoms with Gasteiger partial charge in [0.25, 0.3) is 0 Å². The van der Waals surface area contributed by atoms with E-state index in [1.165, 1.54) is 11.3 Å². The highest BCUT2D eigenvalue weighted by Gasteiger charge is 2.49. The van der Waals surface area contributed by atoms with E-state index in [0.29, 0.717) is 29.7 Å². The zero-order valence-corrected chi connectivity index (χ0v) is 21.7. The van der Waals surface area contributed by atoms with Crippen molar-refractivity contribution in [2.45, 2.75) is 30.2 Å². The van der Waals surface area contributed by atoms with Crippen LogP contribution < -0.4 is 14.4 Å². The summed E-state index contributed by atoms with van der Waals surface area (Å²) in [6.45, 7) is 3.51. The third-order valence-electron chi connectivity index (χ3n) is 6.72. The molecular weight excluding hydrogens is 508 g/mol. The number of methoxy groups -OCH3 is 1. The van der Waals surface area contributed by atoms with Crippen molar-refractivity contribution in [1.82, 2.24) is 14.6 Å². The summed E-state index contributed by atoms with van der Waals surface area (Å²) in [5, 5.41) is 0.752. The summed E-state index contributed by atoms with van der Waals surface area (Å²) in [5.41, 5.74) is 2.27. The molecule has 0 aliphatic carbocycles. The minimum Gasteiger partial charge on any atom is -0.497 e. The quantitative estimate of drug-likeness (QED) is 0.517. The molecule has 35 heavy (non-hydrogen) atoms. The Labute approximate surface area is 213 Å². The Morgan fingerprint density at radius 3 is 2.63 bits per heavy atom. The number of likely N-dealkylation sites (tertiary alicyclic amines) is 1. The predicted molar refractivity (Wildman–Crippen MR) is 136 cm³/mol. The fourth-order valence-electron chi connectivity index (χ4n) is 4.85. The van der Waals surface area contributed by atoms with E-state index in [-0.39, 0.29) is 22.8 Å². The molecule has 0 saturated carbocycles. The molecule has 2 aromatic carbocycles. The highest BCUT2D eigenvalue weighted by atomic mass is 35.5. The van der Waals surface area contributed by atoms with Gasteiger partial charge in [-0.2, -0.15) is 0 Å². The lowest BCUT2D eigenvalue weighted by Gasteiger charge is -2.25. The Hall–Kier alpha value is -2.66. The second-order valence-electron chi connectivity index (χ2n) is 8.86. The number of nitrogens with one attached hydrogen (secondary N) is 1. The van der Waals surface area contributed by atoms with Gasteiger partial charge >= 0.3 is 0 Å². The van der Waals surface area contributed by atoms with Gasteiger partial charge in [-0.05, 0) is 47.9 Å². The van der Waals surface area contributed by atoms with Crippen molar-refractivity contribution >= 4 is 49.7 Å². The number of carbonyl (C=O) groups excluding carboxylic acids is 1. The van der Waals surface area contributed by atoms with E-state index in [2.05, 4.69) is 14.6 Å². The first-order chi connectivity index (χ1) is 16.7. The molecule has 1 amide bonds. The summed E-state index contributed by atoms with van der Waals surface area (Å²) >= 11 is 7.53. The second kappa shape index (κ2) is 9.09. The third kappa shape index (κ3) is 4.51. The van der Waals surface area contributed by atoms with E-state index in [9.17, 15) is 13.2 Å². The minimum atomic E-state index is -3.76. The molecule has 2 aliphatic rings. The Bertz CT molecular complexity index is 1380. The van der Waals surface area contributed by atoms with E-state index in [4.69, 9.17) is 16.3 Å². The Balaban J connectivity index is 1.47. The maximum atomic E-state index is 13.2. The van der Waals surface area contributed by atoms with E-state index in [1.54, 1.807) is 44.5 Å². The normalized spacial score (nSPS) is 19.4. The number of nitrogens with zero attached hydrogens (tertiary/aromatic N) is 3. The number of benzene rings is 2. The number of amides is 1. The number of thiazole rings is 1. The summed E-state index contributed by atoms with van der Waals surface area (Å²) < 4.78 is 34.9. The average Bonchev–Trinajstić information content (AvgIpc) is 3.56. The molecule has 3 heterocycles. The van der Waals surface area contributed by atoms with Gasteiger partial charge in [0.15, 0.2) is 5.13 Å². The fraction of sp³-hybridized carbons (Fsp3) is 0.333. The number of anilines is 2. The Morgan fingerprint density at radius 1 is 1.23 bits per heavy atom. The van der Waals surface area contributed by atoms with Crippen LogP contribution in [0.15, 0.2) is 53.6 Å². The molecule has 5 rings (SSSR count). The molecule has 1 spiro atoms. The van der Waals surface area contributed by atoms with Gasteiger partial charge in [0, 0.05) is 44.2 Å². The van der Waals surface area contributed by atoms with E-state index in [0.717, 1.165) is 28.4 Å². The summed E-state index contributed by atoms with van der Waals surface area (Å²) in [4.78, 5) is 20.7. The summed E-state index contributed by atoms with van der Waals surface area (Å²) in [5.74, 6) is 0.729. The molecular formula is C24H25ClN4O4S2. The summed E-state index contributed by atoms with van der Waals surface area (Å²) in [6.07, 6.45) is 2.36. The lowest BCUT2D eigenvalue weighted by molar-refractivity contribution is -0.127. The predicted octanol–water partition coefficient (Wildman–Crippen LogP) is 3.93. The standard InChI is InChI=1S/C24H25ClN4O4S2/c1-16(30)28-10-9-24(14-28)15-29(23-26-13-22(25)34-23)21-8-7-19(11-20(21)24)35(31,32)27-12-17-3-5-18(33-2)6-4-17/h3-8,11,13,27H,9-10,12,14-15H2,1-2H3. The van der Waals surface area contributed by atoms with Gasteiger partial charge in [0.1, 0.15) is 10.1 Å². The monoisotopic (exact) mass is 532 g/mol. The number of rotatable bonds is 6. The van der Waals surface area contributed by atoms with Crippen LogP contribution in [-0.2, 0) is 26.8 Å². The highest BCUT2D eigenvalue weighted by molar-refractivity contribution is 7.89.